The Bertz CT molecular complexity index is 1630. The molecule has 0 bridgehead atoms. The Hall–Kier alpha value is -4.37. The lowest BCUT2D eigenvalue weighted by Gasteiger charge is -2.39. The summed E-state index contributed by atoms with van der Waals surface area (Å²) in [5.41, 5.74) is 0.956. The zero-order valence-corrected chi connectivity index (χ0v) is 35.6. The van der Waals surface area contributed by atoms with Gasteiger partial charge in [-0.1, -0.05) is 66.5 Å². The van der Waals surface area contributed by atoms with Gasteiger partial charge in [0.25, 0.3) is 5.91 Å². The van der Waals surface area contributed by atoms with Crippen LogP contribution in [-0.4, -0.2) is 100 Å². The van der Waals surface area contributed by atoms with Gasteiger partial charge in [0.15, 0.2) is 12.8 Å². The van der Waals surface area contributed by atoms with Gasteiger partial charge in [0.2, 0.25) is 11.8 Å². The van der Waals surface area contributed by atoms with Crippen molar-refractivity contribution in [2.24, 2.45) is 17.8 Å². The van der Waals surface area contributed by atoms with Gasteiger partial charge in [-0.05, 0) is 75.2 Å². The molecule has 3 rings (SSSR count). The molecule has 0 unspecified atom stereocenters. The van der Waals surface area contributed by atoms with Crippen molar-refractivity contribution in [1.82, 2.24) is 25.4 Å². The molecule has 1 saturated heterocycles. The Morgan fingerprint density at radius 3 is 2.35 bits per heavy atom. The molecular formula is C42H63N5O9S. The second kappa shape index (κ2) is 23.1. The lowest BCUT2D eigenvalue weighted by molar-refractivity contribution is -0.160. The SMILES string of the molecule is CCCC(=O)OCN(C(=O)[C@@H](NC(=O)[C@H]1CCCCN1C)[C@@H](C)CC)[C@H](C[C@@H](OC(C)=O)c1nc(C(=O)N[C@@H](Cc2ccc(O)cc2)C[C@H](C)C=O)cs1)C(C)C. The third-order valence-corrected chi connectivity index (χ3v) is 11.5. The van der Waals surface area contributed by atoms with E-state index >= 15 is 0 Å². The number of nitrogens with zero attached hydrogens (tertiary/aromatic N) is 3. The van der Waals surface area contributed by atoms with Crippen LogP contribution >= 0.6 is 11.3 Å². The van der Waals surface area contributed by atoms with E-state index in [0.717, 1.165) is 42.6 Å². The highest BCUT2D eigenvalue weighted by Crippen LogP contribution is 2.32. The van der Waals surface area contributed by atoms with E-state index in [4.69, 9.17) is 9.47 Å². The summed E-state index contributed by atoms with van der Waals surface area (Å²) in [5, 5.41) is 17.7. The fourth-order valence-corrected chi connectivity index (χ4v) is 7.89. The van der Waals surface area contributed by atoms with Crippen LogP contribution in [0.4, 0.5) is 0 Å². The first-order valence-electron chi connectivity index (χ1n) is 20.2. The molecule has 15 heteroatoms. The number of aldehydes is 1. The maximum atomic E-state index is 14.7. The van der Waals surface area contributed by atoms with E-state index in [-0.39, 0.29) is 60.7 Å². The number of amides is 3. The molecule has 0 radical (unpaired) electrons. The van der Waals surface area contributed by atoms with Gasteiger partial charge < -0.3 is 34.9 Å². The van der Waals surface area contributed by atoms with Gasteiger partial charge in [-0.15, -0.1) is 11.3 Å². The molecule has 0 saturated carbocycles. The molecule has 2 heterocycles. The number of phenolic OH excluding ortho intramolecular Hbond substituents is 1. The van der Waals surface area contributed by atoms with Gasteiger partial charge in [0.1, 0.15) is 28.8 Å². The van der Waals surface area contributed by atoms with Crippen LogP contribution in [-0.2, 0) is 39.9 Å². The topological polar surface area (TPSA) is 185 Å². The standard InChI is InChI=1S/C42H63N5O9S/c1-9-13-37(51)55-25-47(42(54)38(28(6)10-2)45-40(53)34-14-11-12-19-46(34)8)35(26(3)4)22-36(56-29(7)49)41-44-33(24-57-41)39(52)43-31(20-27(5)23-48)21-30-15-17-32(50)18-16-30/h15-18,23-24,26-28,31,34-36,38,50H,9-14,19-22,25H2,1-8H3,(H,43,52)(H,45,53)/t27-,28-,31+,34+,35+,36+,38-/m0/s1. The number of phenols is 1. The lowest BCUT2D eigenvalue weighted by atomic mass is 9.92. The minimum atomic E-state index is -0.974. The fraction of sp³-hybridized carbons (Fsp3) is 0.643. The van der Waals surface area contributed by atoms with Crippen LogP contribution in [0.15, 0.2) is 29.6 Å². The number of likely N-dealkylation sites (tertiary alicyclic amines) is 1. The number of carbonyl (C=O) groups is 6. The Morgan fingerprint density at radius 2 is 1.75 bits per heavy atom. The number of likely N-dealkylation sites (N-methyl/N-ethyl adjacent to an activating group) is 1. The first-order valence-corrected chi connectivity index (χ1v) is 21.1. The Morgan fingerprint density at radius 1 is 1.05 bits per heavy atom. The molecule has 1 fully saturated rings. The number of aromatic hydroxyl groups is 1. The van der Waals surface area contributed by atoms with Crippen molar-refractivity contribution in [1.29, 1.82) is 0 Å². The first kappa shape index (κ1) is 47.0. The molecule has 1 aromatic carbocycles. The van der Waals surface area contributed by atoms with E-state index < -0.39 is 48.0 Å². The number of thiazole rings is 1. The summed E-state index contributed by atoms with van der Waals surface area (Å²) in [4.78, 5) is 86.9. The molecule has 1 aliphatic rings. The highest BCUT2D eigenvalue weighted by Gasteiger charge is 2.39. The molecule has 0 aliphatic carbocycles. The zero-order chi connectivity index (χ0) is 42.2. The van der Waals surface area contributed by atoms with Crippen LogP contribution < -0.4 is 10.6 Å². The van der Waals surface area contributed by atoms with E-state index in [9.17, 15) is 33.9 Å². The minimum absolute atomic E-state index is 0.0652. The van der Waals surface area contributed by atoms with Crippen LogP contribution in [0.5, 0.6) is 5.75 Å². The third-order valence-electron chi connectivity index (χ3n) is 10.6. The van der Waals surface area contributed by atoms with E-state index in [1.54, 1.807) is 36.6 Å². The summed E-state index contributed by atoms with van der Waals surface area (Å²) in [5.74, 6) is -2.87. The molecule has 57 heavy (non-hydrogen) atoms. The zero-order valence-electron chi connectivity index (χ0n) is 34.8. The van der Waals surface area contributed by atoms with Crippen molar-refractivity contribution in [3.8, 4) is 5.75 Å². The monoisotopic (exact) mass is 813 g/mol. The molecule has 0 spiro atoms. The minimum Gasteiger partial charge on any atom is -0.508 e. The lowest BCUT2D eigenvalue weighted by Crippen LogP contribution is -2.59. The number of nitrogens with one attached hydrogen (secondary N) is 2. The molecule has 2 aromatic rings. The molecule has 3 N–H and O–H groups in total. The van der Waals surface area contributed by atoms with E-state index in [0.29, 0.717) is 37.1 Å². The molecule has 3 amide bonds. The van der Waals surface area contributed by atoms with Gasteiger partial charge in [-0.2, -0.15) is 0 Å². The molecule has 7 atom stereocenters. The fourth-order valence-electron chi connectivity index (χ4n) is 7.05. The molecule has 14 nitrogen and oxygen atoms in total. The second-order valence-corrected chi connectivity index (χ2v) is 16.6. The van der Waals surface area contributed by atoms with Gasteiger partial charge in [-0.25, -0.2) is 4.98 Å². The number of piperidine rings is 1. The number of benzene rings is 1. The van der Waals surface area contributed by atoms with E-state index in [2.05, 4.69) is 15.6 Å². The smallest absolute Gasteiger partial charge is 0.307 e. The van der Waals surface area contributed by atoms with Gasteiger partial charge in [0.05, 0.1) is 6.04 Å². The van der Waals surface area contributed by atoms with Crippen LogP contribution in [0.1, 0.15) is 127 Å². The number of carbonyl (C=O) groups excluding carboxylic acids is 6. The number of rotatable bonds is 22. The van der Waals surface area contributed by atoms with Crippen molar-refractivity contribution in [2.45, 2.75) is 137 Å². The predicted octanol–water partition coefficient (Wildman–Crippen LogP) is 5.58. The highest BCUT2D eigenvalue weighted by molar-refractivity contribution is 7.09. The third kappa shape index (κ3) is 14.5. The van der Waals surface area contributed by atoms with Gasteiger partial charge in [-0.3, -0.25) is 28.9 Å². The molecule has 316 valence electrons. The number of esters is 2. The van der Waals surface area contributed by atoms with Crippen molar-refractivity contribution >= 4 is 47.3 Å². The average molecular weight is 814 g/mol. The number of hydrogen-bond acceptors (Lipinski definition) is 12. The maximum Gasteiger partial charge on any atom is 0.307 e. The number of ether oxygens (including phenoxy) is 2. The normalized spacial score (nSPS) is 17.7. The number of aromatic nitrogens is 1. The summed E-state index contributed by atoms with van der Waals surface area (Å²) in [6.07, 6.45) is 4.63. The van der Waals surface area contributed by atoms with Gasteiger partial charge >= 0.3 is 11.9 Å². The van der Waals surface area contributed by atoms with E-state index in [1.165, 1.54) is 11.8 Å². The summed E-state index contributed by atoms with van der Waals surface area (Å²) >= 11 is 1.13. The maximum absolute atomic E-state index is 14.7. The van der Waals surface area contributed by atoms with Crippen LogP contribution in [0.25, 0.3) is 0 Å². The van der Waals surface area contributed by atoms with Crippen molar-refractivity contribution in [3.05, 3.63) is 45.9 Å². The summed E-state index contributed by atoms with van der Waals surface area (Å²) in [6, 6.07) is 4.27. The number of hydrogen-bond donors (Lipinski definition) is 3. The predicted molar refractivity (Wildman–Crippen MR) is 217 cm³/mol. The highest BCUT2D eigenvalue weighted by atomic mass is 32.1. The second-order valence-electron chi connectivity index (χ2n) is 15.7. The summed E-state index contributed by atoms with van der Waals surface area (Å²) < 4.78 is 11.5. The van der Waals surface area contributed by atoms with E-state index in [1.807, 2.05) is 46.6 Å². The quantitative estimate of drug-likeness (QED) is 0.0767. The first-order chi connectivity index (χ1) is 27.1. The molecule has 1 aromatic heterocycles. The summed E-state index contributed by atoms with van der Waals surface area (Å²) in [6.45, 7) is 13.0. The largest absolute Gasteiger partial charge is 0.508 e. The Balaban J connectivity index is 1.94. The molecular weight excluding hydrogens is 751 g/mol. The van der Waals surface area contributed by atoms with Crippen molar-refractivity contribution in [2.75, 3.05) is 20.3 Å². The van der Waals surface area contributed by atoms with Crippen LogP contribution in [0.2, 0.25) is 0 Å². The van der Waals surface area contributed by atoms with Crippen molar-refractivity contribution < 1.29 is 43.3 Å². The average Bonchev–Trinajstić information content (AvgIpc) is 3.67. The molecule has 1 aliphatic heterocycles. The summed E-state index contributed by atoms with van der Waals surface area (Å²) in [7, 11) is 1.91. The van der Waals surface area contributed by atoms with Crippen LogP contribution in [0, 0.1) is 17.8 Å². The Labute approximate surface area is 341 Å². The Kier molecular flexibility index (Phi) is 19.1. The van der Waals surface area contributed by atoms with Crippen LogP contribution in [0.3, 0.4) is 0 Å². The van der Waals surface area contributed by atoms with Gasteiger partial charge in [0, 0.05) is 43.1 Å². The van der Waals surface area contributed by atoms with Crippen molar-refractivity contribution in [3.63, 3.8) is 0 Å².